The molecule has 0 aliphatic carbocycles. The summed E-state index contributed by atoms with van der Waals surface area (Å²) in [6.45, 7) is 2.69. The number of nitrogens with two attached hydrogens (primary N) is 1. The van der Waals surface area contributed by atoms with Gasteiger partial charge in [0.2, 0.25) is 0 Å². The van der Waals surface area contributed by atoms with Crippen LogP contribution >= 0.6 is 0 Å². The molecule has 0 fully saturated rings. The van der Waals surface area contributed by atoms with Gasteiger partial charge in [0, 0.05) is 17.7 Å². The molecule has 1 heterocycles. The van der Waals surface area contributed by atoms with Gasteiger partial charge < -0.3 is 19.9 Å². The number of halogens is 1. The predicted molar refractivity (Wildman–Crippen MR) is 61.3 cm³/mol. The first-order valence-electron chi connectivity index (χ1n) is 5.54. The molecular formula is C12H16FNO3. The summed E-state index contributed by atoms with van der Waals surface area (Å²) in [7, 11) is 1.42. The van der Waals surface area contributed by atoms with Crippen LogP contribution in [0.1, 0.15) is 12.5 Å². The normalized spacial score (nSPS) is 15.5. The summed E-state index contributed by atoms with van der Waals surface area (Å²) in [6.07, 6.45) is 0.384. The van der Waals surface area contributed by atoms with E-state index >= 15 is 0 Å². The van der Waals surface area contributed by atoms with Crippen LogP contribution in [0.25, 0.3) is 0 Å². The highest BCUT2D eigenvalue weighted by molar-refractivity contribution is 5.53. The van der Waals surface area contributed by atoms with Gasteiger partial charge >= 0.3 is 0 Å². The van der Waals surface area contributed by atoms with E-state index in [0.29, 0.717) is 36.7 Å². The molecule has 2 N–H and O–H groups in total. The van der Waals surface area contributed by atoms with Crippen molar-refractivity contribution in [3.05, 3.63) is 17.4 Å². The zero-order chi connectivity index (χ0) is 12.4. The molecule has 1 aromatic carbocycles. The standard InChI is InChI=1S/C12H16FNO3/c1-7(14)5-8-11(13)9(15-2)6-10-12(8)17-4-3-16-10/h6-7H,3-5,14H2,1-2H3. The number of methoxy groups -OCH3 is 1. The Labute approximate surface area is 99.5 Å². The molecule has 1 aliphatic heterocycles. The Bertz CT molecular complexity index is 421. The van der Waals surface area contributed by atoms with Gasteiger partial charge in [-0.3, -0.25) is 0 Å². The van der Waals surface area contributed by atoms with Gasteiger partial charge in [-0.05, 0) is 13.3 Å². The fourth-order valence-corrected chi connectivity index (χ4v) is 1.86. The van der Waals surface area contributed by atoms with E-state index in [0.717, 1.165) is 0 Å². The van der Waals surface area contributed by atoms with Crippen molar-refractivity contribution in [2.75, 3.05) is 20.3 Å². The third kappa shape index (κ3) is 2.29. The summed E-state index contributed by atoms with van der Waals surface area (Å²) in [6, 6.07) is 1.35. The molecule has 0 saturated heterocycles. The van der Waals surface area contributed by atoms with E-state index < -0.39 is 5.82 Å². The molecule has 0 spiro atoms. The first-order chi connectivity index (χ1) is 8.13. The fraction of sp³-hybridized carbons (Fsp3) is 0.500. The van der Waals surface area contributed by atoms with Crippen molar-refractivity contribution < 1.29 is 18.6 Å². The number of hydrogen-bond donors (Lipinski definition) is 1. The molecule has 1 aliphatic rings. The van der Waals surface area contributed by atoms with Crippen LogP contribution in [0, 0.1) is 5.82 Å². The van der Waals surface area contributed by atoms with E-state index in [1.807, 2.05) is 6.92 Å². The Morgan fingerprint density at radius 1 is 1.47 bits per heavy atom. The van der Waals surface area contributed by atoms with Gasteiger partial charge in [0.1, 0.15) is 13.2 Å². The van der Waals surface area contributed by atoms with Crippen molar-refractivity contribution >= 4 is 0 Å². The van der Waals surface area contributed by atoms with Crippen LogP contribution in [0.4, 0.5) is 4.39 Å². The van der Waals surface area contributed by atoms with Crippen LogP contribution in [0.15, 0.2) is 6.07 Å². The number of benzene rings is 1. The Morgan fingerprint density at radius 3 is 2.82 bits per heavy atom. The second-order valence-electron chi connectivity index (χ2n) is 4.08. The largest absolute Gasteiger partial charge is 0.494 e. The molecule has 1 unspecified atom stereocenters. The Morgan fingerprint density at radius 2 is 2.18 bits per heavy atom. The Kier molecular flexibility index (Phi) is 3.38. The zero-order valence-corrected chi connectivity index (χ0v) is 9.96. The first-order valence-corrected chi connectivity index (χ1v) is 5.54. The molecule has 17 heavy (non-hydrogen) atoms. The van der Waals surface area contributed by atoms with Gasteiger partial charge in [-0.2, -0.15) is 0 Å². The van der Waals surface area contributed by atoms with Crippen LogP contribution in [0.5, 0.6) is 17.2 Å². The van der Waals surface area contributed by atoms with Crippen molar-refractivity contribution in [2.45, 2.75) is 19.4 Å². The average molecular weight is 241 g/mol. The van der Waals surface area contributed by atoms with Crippen LogP contribution in [-0.4, -0.2) is 26.4 Å². The lowest BCUT2D eigenvalue weighted by Gasteiger charge is -2.23. The molecule has 0 saturated carbocycles. The minimum atomic E-state index is -0.422. The minimum Gasteiger partial charge on any atom is -0.494 e. The topological polar surface area (TPSA) is 53.7 Å². The fourth-order valence-electron chi connectivity index (χ4n) is 1.86. The monoisotopic (exact) mass is 241 g/mol. The third-order valence-electron chi connectivity index (χ3n) is 2.57. The number of rotatable bonds is 3. The maximum Gasteiger partial charge on any atom is 0.172 e. The van der Waals surface area contributed by atoms with Gasteiger partial charge in [0.25, 0.3) is 0 Å². The quantitative estimate of drug-likeness (QED) is 0.871. The van der Waals surface area contributed by atoms with Crippen LogP contribution in [-0.2, 0) is 6.42 Å². The Hall–Kier alpha value is -1.49. The van der Waals surface area contributed by atoms with E-state index in [4.69, 9.17) is 19.9 Å². The highest BCUT2D eigenvalue weighted by Crippen LogP contribution is 2.40. The van der Waals surface area contributed by atoms with E-state index in [2.05, 4.69) is 0 Å². The number of fused-ring (bicyclic) bond motifs is 1. The zero-order valence-electron chi connectivity index (χ0n) is 9.96. The highest BCUT2D eigenvalue weighted by atomic mass is 19.1. The van der Waals surface area contributed by atoms with Gasteiger partial charge in [-0.1, -0.05) is 0 Å². The van der Waals surface area contributed by atoms with Crippen LogP contribution in [0.3, 0.4) is 0 Å². The maximum atomic E-state index is 14.1. The second kappa shape index (κ2) is 4.79. The summed E-state index contributed by atoms with van der Waals surface area (Å²) >= 11 is 0. The lowest BCUT2D eigenvalue weighted by molar-refractivity contribution is 0.167. The summed E-state index contributed by atoms with van der Waals surface area (Å²) in [5, 5.41) is 0. The summed E-state index contributed by atoms with van der Waals surface area (Å²) < 4.78 is 30.0. The molecule has 4 nitrogen and oxygen atoms in total. The van der Waals surface area contributed by atoms with Crippen LogP contribution in [0.2, 0.25) is 0 Å². The molecule has 0 radical (unpaired) electrons. The van der Waals surface area contributed by atoms with E-state index in [-0.39, 0.29) is 11.8 Å². The third-order valence-corrected chi connectivity index (χ3v) is 2.57. The van der Waals surface area contributed by atoms with Gasteiger partial charge in [0.15, 0.2) is 23.1 Å². The smallest absolute Gasteiger partial charge is 0.172 e. The number of hydrogen-bond acceptors (Lipinski definition) is 4. The average Bonchev–Trinajstić information content (AvgIpc) is 2.32. The molecule has 0 bridgehead atoms. The van der Waals surface area contributed by atoms with E-state index in [1.165, 1.54) is 13.2 Å². The van der Waals surface area contributed by atoms with Gasteiger partial charge in [-0.15, -0.1) is 0 Å². The predicted octanol–water partition coefficient (Wildman–Crippen LogP) is 1.50. The highest BCUT2D eigenvalue weighted by Gasteiger charge is 2.24. The van der Waals surface area contributed by atoms with Crippen molar-refractivity contribution in [3.63, 3.8) is 0 Å². The van der Waals surface area contributed by atoms with E-state index in [1.54, 1.807) is 0 Å². The molecule has 94 valence electrons. The number of ether oxygens (including phenoxy) is 3. The maximum absolute atomic E-state index is 14.1. The summed E-state index contributed by atoms with van der Waals surface area (Å²) in [4.78, 5) is 0. The van der Waals surface area contributed by atoms with Gasteiger partial charge in [0.05, 0.1) is 7.11 Å². The molecule has 0 amide bonds. The second-order valence-corrected chi connectivity index (χ2v) is 4.08. The van der Waals surface area contributed by atoms with Gasteiger partial charge in [-0.25, -0.2) is 4.39 Å². The van der Waals surface area contributed by atoms with Crippen molar-refractivity contribution in [1.82, 2.24) is 0 Å². The van der Waals surface area contributed by atoms with Crippen molar-refractivity contribution in [2.24, 2.45) is 5.73 Å². The molecule has 1 atom stereocenters. The molecule has 5 heteroatoms. The van der Waals surface area contributed by atoms with Crippen molar-refractivity contribution in [3.8, 4) is 17.2 Å². The van der Waals surface area contributed by atoms with E-state index in [9.17, 15) is 4.39 Å². The summed E-state index contributed by atoms with van der Waals surface area (Å²) in [5.41, 5.74) is 6.14. The molecule has 2 rings (SSSR count). The molecule has 1 aromatic rings. The first kappa shape index (κ1) is 12.0. The lowest BCUT2D eigenvalue weighted by Crippen LogP contribution is -2.22. The molecular weight excluding hydrogens is 225 g/mol. The Balaban J connectivity index is 2.51. The van der Waals surface area contributed by atoms with Crippen molar-refractivity contribution in [1.29, 1.82) is 0 Å². The minimum absolute atomic E-state index is 0.157. The summed E-state index contributed by atoms with van der Waals surface area (Å²) in [5.74, 6) is 0.705. The SMILES string of the molecule is COc1cc2c(c(CC(C)N)c1F)OCCO2. The lowest BCUT2D eigenvalue weighted by atomic mass is 10.0. The molecule has 0 aromatic heterocycles. The van der Waals surface area contributed by atoms with Crippen LogP contribution < -0.4 is 19.9 Å².